The summed E-state index contributed by atoms with van der Waals surface area (Å²) in [5.41, 5.74) is 7.27. The van der Waals surface area contributed by atoms with E-state index in [4.69, 9.17) is 11.1 Å². The quantitative estimate of drug-likeness (QED) is 0.328. The number of hydrogen-bond donors (Lipinski definition) is 5. The predicted molar refractivity (Wildman–Crippen MR) is 119 cm³/mol. The molecular formula is C23H27N5O4. The highest BCUT2D eigenvalue weighted by atomic mass is 16.6. The molecule has 1 heterocycles. The molecule has 6 N–H and O–H groups in total. The van der Waals surface area contributed by atoms with E-state index in [1.54, 1.807) is 31.2 Å². The van der Waals surface area contributed by atoms with Crippen LogP contribution in [0.2, 0.25) is 0 Å². The van der Waals surface area contributed by atoms with E-state index in [9.17, 15) is 14.4 Å². The van der Waals surface area contributed by atoms with Gasteiger partial charge in [0.25, 0.3) is 0 Å². The van der Waals surface area contributed by atoms with Gasteiger partial charge in [-0.1, -0.05) is 42.5 Å². The van der Waals surface area contributed by atoms with Gasteiger partial charge in [-0.05, 0) is 42.5 Å². The van der Waals surface area contributed by atoms with Crippen LogP contribution in [0.1, 0.15) is 36.0 Å². The zero-order valence-corrected chi connectivity index (χ0v) is 17.8. The van der Waals surface area contributed by atoms with E-state index in [1.165, 1.54) is 5.56 Å². The molecule has 168 valence electrons. The second-order valence-corrected chi connectivity index (χ2v) is 7.70. The van der Waals surface area contributed by atoms with Gasteiger partial charge >= 0.3 is 6.09 Å². The van der Waals surface area contributed by atoms with Gasteiger partial charge in [0.05, 0.1) is 6.04 Å². The van der Waals surface area contributed by atoms with Gasteiger partial charge in [-0.3, -0.25) is 15.0 Å². The summed E-state index contributed by atoms with van der Waals surface area (Å²) >= 11 is 0. The smallest absolute Gasteiger partial charge is 0.391 e. The molecule has 9 nitrogen and oxygen atoms in total. The Bertz CT molecular complexity index is 978. The van der Waals surface area contributed by atoms with Crippen LogP contribution in [-0.4, -0.2) is 42.4 Å². The number of carbonyl (C=O) groups excluding carboxylic acids is 3. The van der Waals surface area contributed by atoms with Crippen molar-refractivity contribution in [1.29, 1.82) is 5.41 Å². The van der Waals surface area contributed by atoms with E-state index in [2.05, 4.69) is 32.8 Å². The summed E-state index contributed by atoms with van der Waals surface area (Å²) in [6.07, 6.45) is -0.365. The lowest BCUT2D eigenvalue weighted by atomic mass is 9.96. The molecule has 2 aromatic carbocycles. The summed E-state index contributed by atoms with van der Waals surface area (Å²) in [4.78, 5) is 35.7. The van der Waals surface area contributed by atoms with Crippen LogP contribution in [0.3, 0.4) is 0 Å². The van der Waals surface area contributed by atoms with Gasteiger partial charge in [-0.2, -0.15) is 0 Å². The molecule has 0 unspecified atom stereocenters. The maximum absolute atomic E-state index is 12.6. The molecule has 1 saturated heterocycles. The van der Waals surface area contributed by atoms with Crippen LogP contribution in [0, 0.1) is 5.41 Å². The van der Waals surface area contributed by atoms with Crippen molar-refractivity contribution in [3.63, 3.8) is 0 Å². The number of nitrogens with two attached hydrogens (primary N) is 1. The topological polar surface area (TPSA) is 146 Å². The normalized spacial score (nSPS) is 18.4. The molecule has 1 aliphatic heterocycles. The number of primary amides is 1. The summed E-state index contributed by atoms with van der Waals surface area (Å²) in [5.74, 6) is -0.568. The molecule has 3 amide bonds. The maximum Gasteiger partial charge on any atom is 0.411 e. The van der Waals surface area contributed by atoms with E-state index < -0.39 is 12.1 Å². The minimum atomic E-state index is -1.05. The van der Waals surface area contributed by atoms with Crippen LogP contribution < -0.4 is 21.7 Å². The standard InChI is InChI=1S/C23H27N5O4/c1-14(28-22(30)19-11-18(13-26-19)16-5-3-2-4-6-16)21(29)27-12-15-7-9-17(10-8-15)20(24)32-23(25)31/h2-10,14,18-19,24,26H,11-13H2,1H3,(H2,25,31)(H,27,29)(H,28,30)/t14-,18-,19+/m0/s1. The summed E-state index contributed by atoms with van der Waals surface area (Å²) in [7, 11) is 0. The highest BCUT2D eigenvalue weighted by Gasteiger charge is 2.31. The third-order valence-corrected chi connectivity index (χ3v) is 5.36. The van der Waals surface area contributed by atoms with Crippen molar-refractivity contribution in [3.05, 3.63) is 71.3 Å². The first kappa shape index (κ1) is 23.0. The first-order valence-corrected chi connectivity index (χ1v) is 10.3. The molecule has 32 heavy (non-hydrogen) atoms. The second-order valence-electron chi connectivity index (χ2n) is 7.70. The lowest BCUT2D eigenvalue weighted by Gasteiger charge is -2.17. The maximum atomic E-state index is 12.6. The number of carbonyl (C=O) groups is 3. The van der Waals surface area contributed by atoms with Crippen LogP contribution in [-0.2, 0) is 20.9 Å². The number of benzene rings is 2. The number of nitrogens with one attached hydrogen (secondary N) is 4. The molecule has 0 aromatic heterocycles. The molecule has 3 atom stereocenters. The summed E-state index contributed by atoms with van der Waals surface area (Å²) < 4.78 is 4.52. The zero-order valence-electron chi connectivity index (χ0n) is 17.8. The molecule has 0 saturated carbocycles. The summed E-state index contributed by atoms with van der Waals surface area (Å²) in [6.45, 7) is 2.62. The largest absolute Gasteiger partial charge is 0.411 e. The van der Waals surface area contributed by atoms with Crippen LogP contribution in [0.4, 0.5) is 4.79 Å². The first-order chi connectivity index (χ1) is 15.3. The SMILES string of the molecule is C[C@H](NC(=O)[C@H]1C[C@H](c2ccccc2)CN1)C(=O)NCc1ccc(C(=N)OC(N)=O)cc1. The third-order valence-electron chi connectivity index (χ3n) is 5.36. The van der Waals surface area contributed by atoms with Gasteiger partial charge in [-0.25, -0.2) is 4.79 Å². The third kappa shape index (κ3) is 6.14. The number of ether oxygens (including phenoxy) is 1. The molecule has 9 heteroatoms. The Hall–Kier alpha value is -3.72. The van der Waals surface area contributed by atoms with Gasteiger partial charge < -0.3 is 26.4 Å². The van der Waals surface area contributed by atoms with E-state index in [0.717, 1.165) is 12.1 Å². The predicted octanol–water partition coefficient (Wildman–Crippen LogP) is 1.37. The van der Waals surface area contributed by atoms with E-state index >= 15 is 0 Å². The second kappa shape index (κ2) is 10.5. The zero-order chi connectivity index (χ0) is 23.1. The van der Waals surface area contributed by atoms with Crippen molar-refractivity contribution in [2.75, 3.05) is 6.54 Å². The Kier molecular flexibility index (Phi) is 7.56. The van der Waals surface area contributed by atoms with Gasteiger partial charge in [-0.15, -0.1) is 0 Å². The van der Waals surface area contributed by atoms with Crippen molar-refractivity contribution >= 4 is 23.8 Å². The molecular weight excluding hydrogens is 410 g/mol. The van der Waals surface area contributed by atoms with E-state index in [1.807, 2.05) is 18.2 Å². The number of hydrogen-bond acceptors (Lipinski definition) is 6. The van der Waals surface area contributed by atoms with Crippen LogP contribution in [0.25, 0.3) is 0 Å². The Balaban J connectivity index is 1.44. The Morgan fingerprint density at radius 3 is 2.50 bits per heavy atom. The first-order valence-electron chi connectivity index (χ1n) is 10.3. The number of amides is 3. The average molecular weight is 438 g/mol. The lowest BCUT2D eigenvalue weighted by Crippen LogP contribution is -2.49. The lowest BCUT2D eigenvalue weighted by molar-refractivity contribution is -0.129. The molecule has 0 spiro atoms. The fourth-order valence-electron chi connectivity index (χ4n) is 3.57. The molecule has 1 fully saturated rings. The summed E-state index contributed by atoms with van der Waals surface area (Å²) in [5, 5.41) is 16.4. The molecule has 0 bridgehead atoms. The minimum Gasteiger partial charge on any atom is -0.391 e. The van der Waals surface area contributed by atoms with Gasteiger partial charge in [0.15, 0.2) is 0 Å². The Morgan fingerprint density at radius 2 is 1.84 bits per heavy atom. The van der Waals surface area contributed by atoms with Crippen LogP contribution in [0.15, 0.2) is 54.6 Å². The van der Waals surface area contributed by atoms with Crippen molar-refractivity contribution in [2.24, 2.45) is 5.73 Å². The van der Waals surface area contributed by atoms with Crippen molar-refractivity contribution in [1.82, 2.24) is 16.0 Å². The van der Waals surface area contributed by atoms with Gasteiger partial charge in [0.2, 0.25) is 17.7 Å². The van der Waals surface area contributed by atoms with Crippen molar-refractivity contribution < 1.29 is 19.1 Å². The van der Waals surface area contributed by atoms with Crippen molar-refractivity contribution in [2.45, 2.75) is 37.9 Å². The number of rotatable bonds is 7. The minimum absolute atomic E-state index is 0.191. The van der Waals surface area contributed by atoms with Gasteiger partial charge in [0, 0.05) is 18.7 Å². The highest BCUT2D eigenvalue weighted by molar-refractivity contribution is 5.97. The Labute approximate surface area is 186 Å². The molecule has 3 rings (SSSR count). The van der Waals surface area contributed by atoms with E-state index in [-0.39, 0.29) is 36.2 Å². The van der Waals surface area contributed by atoms with Crippen LogP contribution in [0.5, 0.6) is 0 Å². The molecule has 0 aliphatic carbocycles. The van der Waals surface area contributed by atoms with Crippen LogP contribution >= 0.6 is 0 Å². The average Bonchev–Trinajstić information content (AvgIpc) is 3.28. The Morgan fingerprint density at radius 1 is 1.16 bits per heavy atom. The molecule has 1 aliphatic rings. The fourth-order valence-corrected chi connectivity index (χ4v) is 3.57. The monoisotopic (exact) mass is 437 g/mol. The molecule has 2 aromatic rings. The summed E-state index contributed by atoms with van der Waals surface area (Å²) in [6, 6.07) is 15.6. The van der Waals surface area contributed by atoms with E-state index in [0.29, 0.717) is 12.0 Å². The van der Waals surface area contributed by atoms with Crippen molar-refractivity contribution in [3.8, 4) is 0 Å². The van der Waals surface area contributed by atoms with Gasteiger partial charge in [0.1, 0.15) is 6.04 Å². The highest BCUT2D eigenvalue weighted by Crippen LogP contribution is 2.25. The fraction of sp³-hybridized carbons (Fsp3) is 0.304. The molecule has 0 radical (unpaired) electrons.